The Morgan fingerprint density at radius 1 is 1.21 bits per heavy atom. The Hall–Kier alpha value is -2.95. The molecule has 4 heterocycles. The molecule has 2 atom stereocenters. The number of nitrogens with zero attached hydrogens (tertiary/aromatic N) is 5. The minimum Gasteiger partial charge on any atom is -0.375 e. The quantitative estimate of drug-likeness (QED) is 0.724. The van der Waals surface area contributed by atoms with Crippen LogP contribution in [0.15, 0.2) is 24.4 Å². The van der Waals surface area contributed by atoms with Gasteiger partial charge in [-0.3, -0.25) is 4.79 Å². The average molecular weight is 464 g/mol. The lowest BCUT2D eigenvalue weighted by Gasteiger charge is -2.33. The first-order valence-corrected chi connectivity index (χ1v) is 11.0. The van der Waals surface area contributed by atoms with Crippen molar-refractivity contribution in [2.24, 2.45) is 0 Å². The average Bonchev–Trinajstić information content (AvgIpc) is 3.29. The topological polar surface area (TPSA) is 83.5 Å². The maximum absolute atomic E-state index is 13.1. The number of alkyl halides is 3. The highest BCUT2D eigenvalue weighted by Crippen LogP contribution is 2.32. The van der Waals surface area contributed by atoms with Crippen LogP contribution in [0.5, 0.6) is 0 Å². The fraction of sp³-hybridized carbons (Fsp3) is 0.545. The molecule has 4 rings (SSSR count). The van der Waals surface area contributed by atoms with E-state index in [4.69, 9.17) is 9.72 Å². The summed E-state index contributed by atoms with van der Waals surface area (Å²) in [5.41, 5.74) is -0.0425. The molecule has 2 saturated heterocycles. The van der Waals surface area contributed by atoms with Gasteiger partial charge in [0.1, 0.15) is 11.6 Å². The second-order valence-corrected chi connectivity index (χ2v) is 8.33. The molecule has 2 fully saturated rings. The maximum Gasteiger partial charge on any atom is 0.416 e. The largest absolute Gasteiger partial charge is 0.416 e. The summed E-state index contributed by atoms with van der Waals surface area (Å²) in [7, 11) is 0. The predicted molar refractivity (Wildman–Crippen MR) is 116 cm³/mol. The zero-order chi connectivity index (χ0) is 23.6. The molecule has 0 aromatic carbocycles. The van der Waals surface area contributed by atoms with Crippen molar-refractivity contribution < 1.29 is 22.7 Å². The van der Waals surface area contributed by atoms with E-state index in [2.05, 4.69) is 15.3 Å². The summed E-state index contributed by atoms with van der Waals surface area (Å²) in [5.74, 6) is 0.934. The van der Waals surface area contributed by atoms with E-state index in [0.717, 1.165) is 36.9 Å². The number of morpholine rings is 1. The van der Waals surface area contributed by atoms with E-state index in [1.807, 2.05) is 11.8 Å². The highest BCUT2D eigenvalue weighted by atomic mass is 19.4. The van der Waals surface area contributed by atoms with Gasteiger partial charge in [0.15, 0.2) is 0 Å². The first-order valence-electron chi connectivity index (χ1n) is 11.0. The number of carbonyl (C=O) groups is 1. The van der Waals surface area contributed by atoms with Crippen LogP contribution in [-0.2, 0) is 15.7 Å². The van der Waals surface area contributed by atoms with E-state index in [1.54, 1.807) is 17.9 Å². The van der Waals surface area contributed by atoms with E-state index in [9.17, 15) is 18.0 Å². The van der Waals surface area contributed by atoms with Crippen molar-refractivity contribution in [1.29, 1.82) is 0 Å². The van der Waals surface area contributed by atoms with Crippen LogP contribution in [0.2, 0.25) is 0 Å². The fourth-order valence-corrected chi connectivity index (χ4v) is 4.11. The van der Waals surface area contributed by atoms with Crippen molar-refractivity contribution in [1.82, 2.24) is 19.9 Å². The number of amides is 1. The molecule has 0 saturated carbocycles. The third-order valence-electron chi connectivity index (χ3n) is 6.01. The van der Waals surface area contributed by atoms with Crippen LogP contribution in [0, 0.1) is 0 Å². The number of rotatable bonds is 5. The van der Waals surface area contributed by atoms with Gasteiger partial charge in [-0.2, -0.15) is 18.2 Å². The van der Waals surface area contributed by atoms with Crippen molar-refractivity contribution in [2.75, 3.05) is 43.0 Å². The summed E-state index contributed by atoms with van der Waals surface area (Å²) < 4.78 is 45.1. The molecule has 1 amide bonds. The summed E-state index contributed by atoms with van der Waals surface area (Å²) in [5, 5.41) is 2.92. The molecule has 33 heavy (non-hydrogen) atoms. The monoisotopic (exact) mass is 464 g/mol. The molecule has 178 valence electrons. The number of pyridine rings is 1. The summed E-state index contributed by atoms with van der Waals surface area (Å²) in [6, 6.07) is 3.61. The van der Waals surface area contributed by atoms with Crippen LogP contribution in [0.4, 0.5) is 30.8 Å². The molecular formula is C22H27F3N6O2. The van der Waals surface area contributed by atoms with Gasteiger partial charge in [0.25, 0.3) is 0 Å². The summed E-state index contributed by atoms with van der Waals surface area (Å²) >= 11 is 0. The van der Waals surface area contributed by atoms with Gasteiger partial charge < -0.3 is 19.9 Å². The fourth-order valence-electron chi connectivity index (χ4n) is 4.11. The molecule has 2 aromatic rings. The third-order valence-corrected chi connectivity index (χ3v) is 6.01. The zero-order valence-electron chi connectivity index (χ0n) is 18.6. The second-order valence-electron chi connectivity index (χ2n) is 8.33. The molecule has 0 aliphatic carbocycles. The molecule has 2 aliphatic heterocycles. The summed E-state index contributed by atoms with van der Waals surface area (Å²) in [6.45, 7) is 6.58. The van der Waals surface area contributed by atoms with Crippen molar-refractivity contribution in [2.45, 2.75) is 44.9 Å². The number of anilines is 3. The highest BCUT2D eigenvalue weighted by Gasteiger charge is 2.31. The minimum absolute atomic E-state index is 0.0114. The Labute approximate surface area is 190 Å². The lowest BCUT2D eigenvalue weighted by atomic mass is 10.0. The standard InChI is InChI=1S/C22H27F3N6O2/c1-3-17-13-31(8-9-33-17)21-27-18(15-5-7-30(12-15)14(2)32)11-20(29-21)28-19-10-16(4-6-26-19)22(23,24)25/h4,6,10-11,15,17H,3,5,7-9,12-13H2,1-2H3,(H,26,27,28,29). The Morgan fingerprint density at radius 3 is 2.73 bits per heavy atom. The first-order chi connectivity index (χ1) is 15.7. The van der Waals surface area contributed by atoms with Gasteiger partial charge in [-0.1, -0.05) is 6.92 Å². The van der Waals surface area contributed by atoms with E-state index in [-0.39, 0.29) is 23.7 Å². The third kappa shape index (κ3) is 5.52. The molecule has 2 aliphatic rings. The highest BCUT2D eigenvalue weighted by molar-refractivity contribution is 5.73. The maximum atomic E-state index is 13.1. The molecule has 1 N–H and O–H groups in total. The predicted octanol–water partition coefficient (Wildman–Crippen LogP) is 3.59. The molecular weight excluding hydrogens is 437 g/mol. The Balaban J connectivity index is 1.65. The van der Waals surface area contributed by atoms with Crippen molar-refractivity contribution in [3.8, 4) is 0 Å². The lowest BCUT2D eigenvalue weighted by molar-refractivity contribution is -0.137. The normalized spacial score (nSPS) is 21.4. The van der Waals surface area contributed by atoms with Crippen molar-refractivity contribution in [3.05, 3.63) is 35.7 Å². The molecule has 8 nitrogen and oxygen atoms in total. The number of hydrogen-bond donors (Lipinski definition) is 1. The van der Waals surface area contributed by atoms with E-state index >= 15 is 0 Å². The van der Waals surface area contributed by atoms with Crippen LogP contribution < -0.4 is 10.2 Å². The zero-order valence-corrected chi connectivity index (χ0v) is 18.6. The number of nitrogens with one attached hydrogen (secondary N) is 1. The van der Waals surface area contributed by atoms with E-state index in [1.165, 1.54) is 0 Å². The molecule has 11 heteroatoms. The van der Waals surface area contributed by atoms with E-state index < -0.39 is 11.7 Å². The SMILES string of the molecule is CCC1CN(c2nc(Nc3cc(C(F)(F)F)ccn3)cc(C3CCN(C(C)=O)C3)n2)CCO1. The van der Waals surface area contributed by atoms with Crippen LogP contribution in [0.3, 0.4) is 0 Å². The van der Waals surface area contributed by atoms with Gasteiger partial charge in [-0.25, -0.2) is 9.97 Å². The number of aromatic nitrogens is 3. The van der Waals surface area contributed by atoms with Gasteiger partial charge in [0, 0.05) is 51.3 Å². The van der Waals surface area contributed by atoms with Gasteiger partial charge >= 0.3 is 6.18 Å². The smallest absolute Gasteiger partial charge is 0.375 e. The van der Waals surface area contributed by atoms with Crippen LogP contribution in [0.25, 0.3) is 0 Å². The second kappa shape index (κ2) is 9.50. The van der Waals surface area contributed by atoms with E-state index in [0.29, 0.717) is 44.6 Å². The van der Waals surface area contributed by atoms with Gasteiger partial charge in [-0.05, 0) is 25.0 Å². The molecule has 2 unspecified atom stereocenters. The Bertz CT molecular complexity index is 1000. The summed E-state index contributed by atoms with van der Waals surface area (Å²) in [6.07, 6.45) is -1.68. The van der Waals surface area contributed by atoms with Gasteiger partial charge in [0.05, 0.1) is 24.0 Å². The molecule has 0 radical (unpaired) electrons. The molecule has 0 spiro atoms. The van der Waals surface area contributed by atoms with Crippen LogP contribution >= 0.6 is 0 Å². The number of halogens is 3. The summed E-state index contributed by atoms with van der Waals surface area (Å²) in [4.78, 5) is 29.0. The van der Waals surface area contributed by atoms with Crippen LogP contribution in [0.1, 0.15) is 43.9 Å². The Kier molecular flexibility index (Phi) is 6.68. The molecule has 0 bridgehead atoms. The number of hydrogen-bond acceptors (Lipinski definition) is 7. The van der Waals surface area contributed by atoms with Gasteiger partial charge in [-0.15, -0.1) is 0 Å². The number of likely N-dealkylation sites (tertiary alicyclic amines) is 1. The first kappa shape index (κ1) is 23.2. The van der Waals surface area contributed by atoms with Crippen LogP contribution in [-0.4, -0.2) is 64.6 Å². The van der Waals surface area contributed by atoms with Crippen molar-refractivity contribution >= 4 is 23.5 Å². The minimum atomic E-state index is -4.47. The lowest BCUT2D eigenvalue weighted by Crippen LogP contribution is -2.43. The number of ether oxygens (including phenoxy) is 1. The Morgan fingerprint density at radius 2 is 2.03 bits per heavy atom. The van der Waals surface area contributed by atoms with Crippen molar-refractivity contribution in [3.63, 3.8) is 0 Å². The number of carbonyl (C=O) groups excluding carboxylic acids is 1. The van der Waals surface area contributed by atoms with Gasteiger partial charge in [0.2, 0.25) is 11.9 Å². The molecule has 2 aromatic heterocycles.